The Morgan fingerprint density at radius 3 is 2.82 bits per heavy atom. The summed E-state index contributed by atoms with van der Waals surface area (Å²) in [6.07, 6.45) is 7.84. The standard InChI is InChI=1S/C13H20N2O2/c1-3-11-14-13(15-17-11)12(16-4-2)10-8-6-5-7-9-10/h3,10,12H,1,4-9H2,2H3. The van der Waals surface area contributed by atoms with Crippen molar-refractivity contribution in [1.82, 2.24) is 10.1 Å². The molecule has 94 valence electrons. The van der Waals surface area contributed by atoms with Crippen molar-refractivity contribution in [3.05, 3.63) is 18.3 Å². The highest BCUT2D eigenvalue weighted by Crippen LogP contribution is 2.35. The van der Waals surface area contributed by atoms with Crippen LogP contribution in [0, 0.1) is 5.92 Å². The Bertz CT molecular complexity index is 356. The second kappa shape index (κ2) is 5.96. The summed E-state index contributed by atoms with van der Waals surface area (Å²) >= 11 is 0. The van der Waals surface area contributed by atoms with Gasteiger partial charge in [0.1, 0.15) is 6.10 Å². The van der Waals surface area contributed by atoms with E-state index in [4.69, 9.17) is 9.26 Å². The number of rotatable bonds is 5. The smallest absolute Gasteiger partial charge is 0.250 e. The van der Waals surface area contributed by atoms with Gasteiger partial charge in [0.2, 0.25) is 11.7 Å². The van der Waals surface area contributed by atoms with E-state index in [0.29, 0.717) is 24.2 Å². The van der Waals surface area contributed by atoms with Crippen LogP contribution in [0.3, 0.4) is 0 Å². The van der Waals surface area contributed by atoms with Gasteiger partial charge in [-0.3, -0.25) is 0 Å². The van der Waals surface area contributed by atoms with Gasteiger partial charge in [-0.15, -0.1) is 0 Å². The molecule has 1 saturated carbocycles. The Balaban J connectivity index is 2.11. The highest BCUT2D eigenvalue weighted by atomic mass is 16.5. The summed E-state index contributed by atoms with van der Waals surface area (Å²) in [6.45, 7) is 6.31. The summed E-state index contributed by atoms with van der Waals surface area (Å²) in [7, 11) is 0. The molecular weight excluding hydrogens is 216 g/mol. The molecule has 2 rings (SSSR count). The maximum atomic E-state index is 5.81. The first kappa shape index (κ1) is 12.3. The van der Waals surface area contributed by atoms with E-state index >= 15 is 0 Å². The summed E-state index contributed by atoms with van der Waals surface area (Å²) in [4.78, 5) is 4.30. The molecule has 4 nitrogen and oxygen atoms in total. The van der Waals surface area contributed by atoms with Crippen LogP contribution in [0.2, 0.25) is 0 Å². The SMILES string of the molecule is C=Cc1nc(C(OCC)C2CCCCC2)no1. The van der Waals surface area contributed by atoms with Gasteiger partial charge >= 0.3 is 0 Å². The van der Waals surface area contributed by atoms with Crippen molar-refractivity contribution in [2.75, 3.05) is 6.61 Å². The van der Waals surface area contributed by atoms with Crippen LogP contribution in [0.4, 0.5) is 0 Å². The molecule has 0 amide bonds. The molecule has 0 aromatic carbocycles. The lowest BCUT2D eigenvalue weighted by molar-refractivity contribution is -0.00145. The van der Waals surface area contributed by atoms with Crippen molar-refractivity contribution in [1.29, 1.82) is 0 Å². The molecule has 1 aliphatic carbocycles. The van der Waals surface area contributed by atoms with Crippen LogP contribution >= 0.6 is 0 Å². The average Bonchev–Trinajstić information content (AvgIpc) is 2.85. The van der Waals surface area contributed by atoms with Gasteiger partial charge in [-0.1, -0.05) is 31.0 Å². The van der Waals surface area contributed by atoms with E-state index in [0.717, 1.165) is 0 Å². The first-order valence-electron chi connectivity index (χ1n) is 6.42. The third-order valence-corrected chi connectivity index (χ3v) is 3.31. The molecule has 1 fully saturated rings. The second-order valence-electron chi connectivity index (χ2n) is 4.47. The van der Waals surface area contributed by atoms with Crippen LogP contribution in [0.5, 0.6) is 0 Å². The van der Waals surface area contributed by atoms with Crippen molar-refractivity contribution in [2.24, 2.45) is 5.92 Å². The van der Waals surface area contributed by atoms with E-state index in [1.54, 1.807) is 6.08 Å². The Morgan fingerprint density at radius 1 is 1.47 bits per heavy atom. The van der Waals surface area contributed by atoms with Crippen molar-refractivity contribution < 1.29 is 9.26 Å². The normalized spacial score (nSPS) is 19.1. The zero-order valence-electron chi connectivity index (χ0n) is 10.4. The number of aromatic nitrogens is 2. The molecular formula is C13H20N2O2. The maximum Gasteiger partial charge on any atom is 0.250 e. The lowest BCUT2D eigenvalue weighted by atomic mass is 9.85. The fourth-order valence-corrected chi connectivity index (χ4v) is 2.48. The largest absolute Gasteiger partial charge is 0.370 e. The number of hydrogen-bond acceptors (Lipinski definition) is 4. The van der Waals surface area contributed by atoms with E-state index in [1.807, 2.05) is 6.92 Å². The summed E-state index contributed by atoms with van der Waals surface area (Å²) < 4.78 is 10.9. The number of hydrogen-bond donors (Lipinski definition) is 0. The van der Waals surface area contributed by atoms with Gasteiger partial charge < -0.3 is 9.26 Å². The fraction of sp³-hybridized carbons (Fsp3) is 0.692. The van der Waals surface area contributed by atoms with Crippen LogP contribution in [-0.2, 0) is 4.74 Å². The van der Waals surface area contributed by atoms with Gasteiger partial charge in [0, 0.05) is 6.61 Å². The summed E-state index contributed by atoms with van der Waals surface area (Å²) in [6, 6.07) is 0. The van der Waals surface area contributed by atoms with Crippen molar-refractivity contribution in [3.63, 3.8) is 0 Å². The molecule has 17 heavy (non-hydrogen) atoms. The lowest BCUT2D eigenvalue weighted by Gasteiger charge is -2.27. The van der Waals surface area contributed by atoms with E-state index in [1.165, 1.54) is 32.1 Å². The number of nitrogens with zero attached hydrogens (tertiary/aromatic N) is 2. The highest BCUT2D eigenvalue weighted by Gasteiger charge is 2.29. The number of ether oxygens (including phenoxy) is 1. The molecule has 4 heteroatoms. The van der Waals surface area contributed by atoms with Gasteiger partial charge in [-0.25, -0.2) is 0 Å². The highest BCUT2D eigenvalue weighted by molar-refractivity contribution is 5.32. The molecule has 0 spiro atoms. The molecule has 1 aromatic rings. The topological polar surface area (TPSA) is 48.2 Å². The molecule has 0 radical (unpaired) electrons. The fourth-order valence-electron chi connectivity index (χ4n) is 2.48. The summed E-state index contributed by atoms with van der Waals surface area (Å²) in [5.74, 6) is 1.67. The zero-order chi connectivity index (χ0) is 12.1. The minimum absolute atomic E-state index is 0.0160. The van der Waals surface area contributed by atoms with Crippen molar-refractivity contribution in [3.8, 4) is 0 Å². The Labute approximate surface area is 102 Å². The zero-order valence-corrected chi connectivity index (χ0v) is 10.4. The van der Waals surface area contributed by atoms with E-state index in [9.17, 15) is 0 Å². The lowest BCUT2D eigenvalue weighted by Crippen LogP contribution is -2.20. The van der Waals surface area contributed by atoms with Crippen LogP contribution in [0.1, 0.15) is 56.8 Å². The molecule has 1 unspecified atom stereocenters. The van der Waals surface area contributed by atoms with E-state index in [2.05, 4.69) is 16.7 Å². The average molecular weight is 236 g/mol. The predicted octanol–water partition coefficient (Wildman–Crippen LogP) is 3.37. The van der Waals surface area contributed by atoms with Crippen LogP contribution in [0.15, 0.2) is 11.1 Å². The maximum absolute atomic E-state index is 5.81. The Kier molecular flexibility index (Phi) is 4.31. The predicted molar refractivity (Wildman–Crippen MR) is 65.3 cm³/mol. The quantitative estimate of drug-likeness (QED) is 0.786. The van der Waals surface area contributed by atoms with Gasteiger partial charge in [0.15, 0.2) is 0 Å². The van der Waals surface area contributed by atoms with Gasteiger partial charge in [-0.05, 0) is 31.8 Å². The first-order chi connectivity index (χ1) is 8.35. The van der Waals surface area contributed by atoms with E-state index < -0.39 is 0 Å². The molecule has 1 heterocycles. The monoisotopic (exact) mass is 236 g/mol. The third kappa shape index (κ3) is 2.94. The minimum atomic E-state index is -0.0160. The Morgan fingerprint density at radius 2 is 2.24 bits per heavy atom. The molecule has 0 aliphatic heterocycles. The van der Waals surface area contributed by atoms with Gasteiger partial charge in [0.25, 0.3) is 0 Å². The molecule has 1 aromatic heterocycles. The summed E-state index contributed by atoms with van der Waals surface area (Å²) in [5.41, 5.74) is 0. The van der Waals surface area contributed by atoms with Crippen LogP contribution in [-0.4, -0.2) is 16.7 Å². The van der Waals surface area contributed by atoms with Gasteiger partial charge in [0.05, 0.1) is 0 Å². The van der Waals surface area contributed by atoms with E-state index in [-0.39, 0.29) is 6.10 Å². The van der Waals surface area contributed by atoms with Crippen molar-refractivity contribution in [2.45, 2.75) is 45.1 Å². The molecule has 0 N–H and O–H groups in total. The Hall–Kier alpha value is -1.16. The van der Waals surface area contributed by atoms with Gasteiger partial charge in [-0.2, -0.15) is 4.98 Å². The summed E-state index contributed by atoms with van der Waals surface area (Å²) in [5, 5.41) is 4.00. The second-order valence-corrected chi connectivity index (χ2v) is 4.47. The van der Waals surface area contributed by atoms with Crippen LogP contribution < -0.4 is 0 Å². The molecule has 1 atom stereocenters. The molecule has 1 aliphatic rings. The third-order valence-electron chi connectivity index (χ3n) is 3.31. The first-order valence-corrected chi connectivity index (χ1v) is 6.42. The van der Waals surface area contributed by atoms with Crippen molar-refractivity contribution >= 4 is 6.08 Å². The molecule has 0 saturated heterocycles. The minimum Gasteiger partial charge on any atom is -0.370 e. The van der Waals surface area contributed by atoms with Crippen LogP contribution in [0.25, 0.3) is 6.08 Å². The molecule has 0 bridgehead atoms.